The maximum absolute atomic E-state index is 12.4. The van der Waals surface area contributed by atoms with E-state index in [1.807, 2.05) is 25.1 Å². The van der Waals surface area contributed by atoms with Gasteiger partial charge >= 0.3 is 0 Å². The molecule has 0 fully saturated rings. The van der Waals surface area contributed by atoms with Crippen molar-refractivity contribution in [3.8, 4) is 5.75 Å². The van der Waals surface area contributed by atoms with Crippen molar-refractivity contribution < 1.29 is 17.9 Å². The normalized spacial score (nSPS) is 11.0. The number of ether oxygens (including phenoxy) is 1. The van der Waals surface area contributed by atoms with E-state index in [2.05, 4.69) is 20.2 Å². The molecule has 0 radical (unpaired) electrons. The number of anilines is 2. The van der Waals surface area contributed by atoms with Gasteiger partial charge in [-0.2, -0.15) is 0 Å². The summed E-state index contributed by atoms with van der Waals surface area (Å²) in [7, 11) is -3.78. The van der Waals surface area contributed by atoms with Crippen LogP contribution in [0.5, 0.6) is 5.75 Å². The lowest BCUT2D eigenvalue weighted by Gasteiger charge is -2.09. The molecular formula is C18H18N4O4S2. The molecule has 3 rings (SSSR count). The molecule has 0 spiro atoms. The van der Waals surface area contributed by atoms with Gasteiger partial charge in [0.15, 0.2) is 6.61 Å². The van der Waals surface area contributed by atoms with Gasteiger partial charge in [-0.1, -0.05) is 36.5 Å². The number of carbonyl (C=O) groups is 1. The number of hydrogen-bond acceptors (Lipinski definition) is 7. The first-order valence-corrected chi connectivity index (χ1v) is 10.7. The van der Waals surface area contributed by atoms with Gasteiger partial charge in [0.25, 0.3) is 15.9 Å². The molecule has 0 aliphatic carbocycles. The second-order valence-electron chi connectivity index (χ2n) is 5.63. The van der Waals surface area contributed by atoms with E-state index < -0.39 is 10.0 Å². The van der Waals surface area contributed by atoms with Crippen molar-refractivity contribution in [1.29, 1.82) is 0 Å². The highest BCUT2D eigenvalue weighted by molar-refractivity contribution is 7.93. The van der Waals surface area contributed by atoms with E-state index in [1.165, 1.54) is 35.6 Å². The summed E-state index contributed by atoms with van der Waals surface area (Å²) in [6, 6.07) is 14.8. The Morgan fingerprint density at radius 2 is 1.79 bits per heavy atom. The highest BCUT2D eigenvalue weighted by Crippen LogP contribution is 2.21. The maximum atomic E-state index is 12.4. The lowest BCUT2D eigenvalue weighted by molar-refractivity contribution is -0.118. The highest BCUT2D eigenvalue weighted by Gasteiger charge is 2.17. The Morgan fingerprint density at radius 1 is 1.07 bits per heavy atom. The molecular weight excluding hydrogens is 400 g/mol. The third-order valence-corrected chi connectivity index (χ3v) is 6.02. The van der Waals surface area contributed by atoms with Crippen molar-refractivity contribution in [1.82, 2.24) is 10.2 Å². The molecule has 28 heavy (non-hydrogen) atoms. The first-order valence-electron chi connectivity index (χ1n) is 8.39. The molecule has 3 aromatic rings. The molecule has 0 atom stereocenters. The number of carbonyl (C=O) groups excluding carboxylic acids is 1. The molecule has 0 saturated heterocycles. The van der Waals surface area contributed by atoms with Gasteiger partial charge in [-0.05, 0) is 42.8 Å². The minimum atomic E-state index is -3.78. The minimum absolute atomic E-state index is 0.0549. The summed E-state index contributed by atoms with van der Waals surface area (Å²) in [6.07, 6.45) is 0.682. The standard InChI is InChI=1S/C18H18N4O4S2/c1-2-17-20-21-18(27-17)22-28(24,25)15-10-8-13(9-11-15)19-16(23)12-26-14-6-4-3-5-7-14/h3-11H,2,12H2,1H3,(H,19,23)(H,21,22). The molecule has 10 heteroatoms. The van der Waals surface area contributed by atoms with Crippen LogP contribution in [0.2, 0.25) is 0 Å². The van der Waals surface area contributed by atoms with E-state index in [0.717, 1.165) is 5.01 Å². The molecule has 2 N–H and O–H groups in total. The maximum Gasteiger partial charge on any atom is 0.263 e. The molecule has 2 aromatic carbocycles. The van der Waals surface area contributed by atoms with Crippen molar-refractivity contribution >= 4 is 38.1 Å². The van der Waals surface area contributed by atoms with Crippen molar-refractivity contribution in [2.75, 3.05) is 16.6 Å². The zero-order chi connectivity index (χ0) is 20.0. The summed E-state index contributed by atoms with van der Waals surface area (Å²) < 4.78 is 32.6. The van der Waals surface area contributed by atoms with E-state index in [-0.39, 0.29) is 22.5 Å². The number of nitrogens with zero attached hydrogens (tertiary/aromatic N) is 2. The number of hydrogen-bond donors (Lipinski definition) is 2. The van der Waals surface area contributed by atoms with Gasteiger partial charge in [0.05, 0.1) is 4.90 Å². The van der Waals surface area contributed by atoms with Gasteiger partial charge in [0.1, 0.15) is 10.8 Å². The molecule has 0 saturated carbocycles. The topological polar surface area (TPSA) is 110 Å². The molecule has 8 nitrogen and oxygen atoms in total. The predicted molar refractivity (Wildman–Crippen MR) is 107 cm³/mol. The van der Waals surface area contributed by atoms with Crippen LogP contribution in [0.4, 0.5) is 10.8 Å². The summed E-state index contributed by atoms with van der Waals surface area (Å²) in [5, 5.41) is 11.3. The van der Waals surface area contributed by atoms with Crippen LogP contribution in [0.15, 0.2) is 59.5 Å². The number of sulfonamides is 1. The lowest BCUT2D eigenvalue weighted by atomic mass is 10.3. The van der Waals surface area contributed by atoms with Crippen molar-refractivity contribution in [2.45, 2.75) is 18.2 Å². The average Bonchev–Trinajstić information content (AvgIpc) is 3.14. The highest BCUT2D eigenvalue weighted by atomic mass is 32.2. The monoisotopic (exact) mass is 418 g/mol. The molecule has 1 heterocycles. The molecule has 0 unspecified atom stereocenters. The SMILES string of the molecule is CCc1nnc(NS(=O)(=O)c2ccc(NC(=O)COc3ccccc3)cc2)s1. The Bertz CT molecular complexity index is 1030. The van der Waals surface area contributed by atoms with Crippen LogP contribution in [0.25, 0.3) is 0 Å². The summed E-state index contributed by atoms with van der Waals surface area (Å²) >= 11 is 1.19. The zero-order valence-corrected chi connectivity index (χ0v) is 16.6. The van der Waals surface area contributed by atoms with Crippen molar-refractivity contribution in [3.63, 3.8) is 0 Å². The molecule has 0 bridgehead atoms. The molecule has 0 aliphatic heterocycles. The summed E-state index contributed by atoms with van der Waals surface area (Å²) in [5.41, 5.74) is 0.463. The fourth-order valence-electron chi connectivity index (χ4n) is 2.19. The van der Waals surface area contributed by atoms with Gasteiger partial charge in [-0.25, -0.2) is 8.42 Å². The van der Waals surface area contributed by atoms with Crippen LogP contribution in [-0.2, 0) is 21.2 Å². The number of nitrogens with one attached hydrogen (secondary N) is 2. The first kappa shape index (κ1) is 19.8. The fraction of sp³-hybridized carbons (Fsp3) is 0.167. The number of aromatic nitrogens is 2. The Labute approximate surface area is 166 Å². The van der Waals surface area contributed by atoms with Crippen LogP contribution < -0.4 is 14.8 Å². The van der Waals surface area contributed by atoms with Crippen LogP contribution in [-0.4, -0.2) is 31.1 Å². The summed E-state index contributed by atoms with van der Waals surface area (Å²) in [4.78, 5) is 12.0. The largest absolute Gasteiger partial charge is 0.484 e. The Balaban J connectivity index is 1.58. The zero-order valence-electron chi connectivity index (χ0n) is 15.0. The second-order valence-corrected chi connectivity index (χ2v) is 8.38. The number of benzene rings is 2. The van der Waals surface area contributed by atoms with Crippen LogP contribution in [0, 0.1) is 0 Å². The van der Waals surface area contributed by atoms with Gasteiger partial charge in [0.2, 0.25) is 5.13 Å². The molecule has 1 aromatic heterocycles. The van der Waals surface area contributed by atoms with Crippen LogP contribution in [0.1, 0.15) is 11.9 Å². The lowest BCUT2D eigenvalue weighted by Crippen LogP contribution is -2.20. The first-order chi connectivity index (χ1) is 13.5. The number of aryl methyl sites for hydroxylation is 1. The van der Waals surface area contributed by atoms with E-state index in [9.17, 15) is 13.2 Å². The third-order valence-electron chi connectivity index (χ3n) is 3.55. The quantitative estimate of drug-likeness (QED) is 0.582. The van der Waals surface area contributed by atoms with Crippen molar-refractivity contribution in [2.24, 2.45) is 0 Å². The summed E-state index contributed by atoms with van der Waals surface area (Å²) in [5.74, 6) is 0.242. The van der Waals surface area contributed by atoms with Crippen molar-refractivity contribution in [3.05, 3.63) is 59.6 Å². The second kappa shape index (κ2) is 8.81. The predicted octanol–water partition coefficient (Wildman–Crippen LogP) is 2.92. The Kier molecular flexibility index (Phi) is 6.22. The van der Waals surface area contributed by atoms with E-state index in [4.69, 9.17) is 4.74 Å². The minimum Gasteiger partial charge on any atom is -0.484 e. The van der Waals surface area contributed by atoms with Gasteiger partial charge in [-0.3, -0.25) is 9.52 Å². The molecule has 0 aliphatic rings. The van der Waals surface area contributed by atoms with Crippen LogP contribution in [0.3, 0.4) is 0 Å². The number of rotatable bonds is 8. The van der Waals surface area contributed by atoms with Gasteiger partial charge in [-0.15, -0.1) is 10.2 Å². The van der Waals surface area contributed by atoms with Gasteiger partial charge < -0.3 is 10.1 Å². The van der Waals surface area contributed by atoms with Gasteiger partial charge in [0, 0.05) is 5.69 Å². The Morgan fingerprint density at radius 3 is 2.43 bits per heavy atom. The molecule has 1 amide bonds. The van der Waals surface area contributed by atoms with E-state index in [0.29, 0.717) is 17.9 Å². The third kappa shape index (κ3) is 5.27. The van der Waals surface area contributed by atoms with E-state index in [1.54, 1.807) is 12.1 Å². The average molecular weight is 419 g/mol. The number of para-hydroxylation sites is 1. The van der Waals surface area contributed by atoms with Crippen LogP contribution >= 0.6 is 11.3 Å². The Hall–Kier alpha value is -2.98. The smallest absolute Gasteiger partial charge is 0.263 e. The number of amides is 1. The molecule has 146 valence electrons. The summed E-state index contributed by atoms with van der Waals surface area (Å²) in [6.45, 7) is 1.76. The van der Waals surface area contributed by atoms with E-state index >= 15 is 0 Å². The fourth-order valence-corrected chi connectivity index (χ4v) is 4.10.